The summed E-state index contributed by atoms with van der Waals surface area (Å²) < 4.78 is 55.4. The minimum atomic E-state index is -4.37. The number of rotatable bonds is 4. The lowest BCUT2D eigenvalue weighted by molar-refractivity contribution is -0.174. The second-order valence-corrected chi connectivity index (χ2v) is 4.90. The highest BCUT2D eigenvalue weighted by molar-refractivity contribution is 9.10. The Hall–Kier alpha value is -1.35. The van der Waals surface area contributed by atoms with Gasteiger partial charge in [-0.3, -0.25) is 0 Å². The molecule has 20 heavy (non-hydrogen) atoms. The van der Waals surface area contributed by atoms with E-state index in [-0.39, 0.29) is 23.6 Å². The zero-order valence-electron chi connectivity index (χ0n) is 10.0. The third-order valence-electron chi connectivity index (χ3n) is 2.54. The largest absolute Gasteiger partial charge is 0.411 e. The minimum absolute atomic E-state index is 0.0908. The van der Waals surface area contributed by atoms with Crippen molar-refractivity contribution in [2.24, 2.45) is 0 Å². The van der Waals surface area contributed by atoms with Gasteiger partial charge < -0.3 is 15.0 Å². The number of nitrogens with two attached hydrogens (primary N) is 1. The van der Waals surface area contributed by atoms with Crippen molar-refractivity contribution in [3.05, 3.63) is 22.4 Å². The van der Waals surface area contributed by atoms with Crippen LogP contribution in [0.3, 0.4) is 0 Å². The van der Waals surface area contributed by atoms with Gasteiger partial charge in [0.15, 0.2) is 0 Å². The second kappa shape index (κ2) is 5.57. The van der Waals surface area contributed by atoms with E-state index in [1.807, 2.05) is 0 Å². The average Bonchev–Trinajstić information content (AvgIpc) is 2.60. The van der Waals surface area contributed by atoms with Crippen LogP contribution in [0.4, 0.5) is 23.5 Å². The van der Waals surface area contributed by atoms with E-state index >= 15 is 0 Å². The number of ether oxygens (including phenoxy) is 1. The fraction of sp³-hybridized carbons (Fsp3) is 0.364. The summed E-state index contributed by atoms with van der Waals surface area (Å²) in [6.07, 6.45) is -4.37. The van der Waals surface area contributed by atoms with Gasteiger partial charge in [0.1, 0.15) is 12.4 Å². The Labute approximate surface area is 119 Å². The topological polar surface area (TPSA) is 53.1 Å². The van der Waals surface area contributed by atoms with E-state index in [1.54, 1.807) is 0 Å². The van der Waals surface area contributed by atoms with Crippen molar-refractivity contribution in [2.45, 2.75) is 12.7 Å². The van der Waals surface area contributed by atoms with Crippen molar-refractivity contribution in [3.63, 3.8) is 0 Å². The molecule has 0 aliphatic rings. The number of halogens is 5. The van der Waals surface area contributed by atoms with Crippen molar-refractivity contribution in [2.75, 3.05) is 18.9 Å². The van der Waals surface area contributed by atoms with E-state index in [0.29, 0.717) is 11.0 Å². The molecule has 0 radical (unpaired) electrons. The lowest BCUT2D eigenvalue weighted by Crippen LogP contribution is -2.19. The van der Waals surface area contributed by atoms with Crippen LogP contribution in [0.1, 0.15) is 0 Å². The van der Waals surface area contributed by atoms with Gasteiger partial charge in [-0.2, -0.15) is 13.2 Å². The highest BCUT2D eigenvalue weighted by atomic mass is 79.9. The number of fused-ring (bicyclic) bond motifs is 1. The molecule has 0 atom stereocenters. The molecule has 4 nitrogen and oxygen atoms in total. The number of hydrogen-bond donors (Lipinski definition) is 1. The fourth-order valence-corrected chi connectivity index (χ4v) is 2.05. The first-order chi connectivity index (χ1) is 9.28. The molecule has 0 amide bonds. The van der Waals surface area contributed by atoms with Crippen LogP contribution in [-0.4, -0.2) is 28.9 Å². The molecule has 0 saturated carbocycles. The number of benzene rings is 1. The molecule has 2 N–H and O–H groups in total. The van der Waals surface area contributed by atoms with Gasteiger partial charge in [0, 0.05) is 12.6 Å². The Balaban J connectivity index is 2.14. The smallest absolute Gasteiger partial charge is 0.370 e. The van der Waals surface area contributed by atoms with Crippen LogP contribution in [0.2, 0.25) is 0 Å². The first kappa shape index (κ1) is 15.0. The van der Waals surface area contributed by atoms with Gasteiger partial charge >= 0.3 is 6.18 Å². The van der Waals surface area contributed by atoms with Crippen molar-refractivity contribution < 1.29 is 22.3 Å². The molecule has 2 aromatic rings. The zero-order valence-corrected chi connectivity index (χ0v) is 11.6. The molecule has 0 saturated heterocycles. The predicted octanol–water partition coefficient (Wildman–Crippen LogP) is 3.10. The van der Waals surface area contributed by atoms with E-state index in [4.69, 9.17) is 5.73 Å². The molecular weight excluding hydrogens is 346 g/mol. The third-order valence-corrected chi connectivity index (χ3v) is 3.15. The zero-order chi connectivity index (χ0) is 14.9. The van der Waals surface area contributed by atoms with Crippen molar-refractivity contribution >= 4 is 32.9 Å². The molecule has 110 valence electrons. The van der Waals surface area contributed by atoms with Crippen LogP contribution in [-0.2, 0) is 11.3 Å². The highest BCUT2D eigenvalue weighted by Crippen LogP contribution is 2.25. The Morgan fingerprint density at radius 2 is 2.05 bits per heavy atom. The van der Waals surface area contributed by atoms with Crippen LogP contribution >= 0.6 is 15.9 Å². The maximum Gasteiger partial charge on any atom is 0.411 e. The second-order valence-electron chi connectivity index (χ2n) is 4.04. The molecule has 1 heterocycles. The molecule has 0 aliphatic carbocycles. The van der Waals surface area contributed by atoms with E-state index in [0.717, 1.165) is 0 Å². The van der Waals surface area contributed by atoms with Crippen LogP contribution in [0.25, 0.3) is 11.0 Å². The number of anilines is 1. The summed E-state index contributed by atoms with van der Waals surface area (Å²) in [5.41, 5.74) is 6.51. The molecule has 9 heteroatoms. The third kappa shape index (κ3) is 3.40. The maximum absolute atomic E-state index is 13.3. The van der Waals surface area contributed by atoms with Crippen molar-refractivity contribution in [1.29, 1.82) is 0 Å². The fourth-order valence-electron chi connectivity index (χ4n) is 1.72. The molecule has 0 fully saturated rings. The molecule has 0 bridgehead atoms. The highest BCUT2D eigenvalue weighted by Gasteiger charge is 2.27. The minimum Gasteiger partial charge on any atom is -0.370 e. The van der Waals surface area contributed by atoms with Gasteiger partial charge in [-0.05, 0) is 22.0 Å². The number of aromatic nitrogens is 2. The van der Waals surface area contributed by atoms with Gasteiger partial charge in [0.05, 0.1) is 22.1 Å². The van der Waals surface area contributed by atoms with E-state index in [2.05, 4.69) is 25.7 Å². The van der Waals surface area contributed by atoms with Crippen molar-refractivity contribution in [1.82, 2.24) is 9.55 Å². The van der Waals surface area contributed by atoms with Crippen LogP contribution in [0.5, 0.6) is 0 Å². The molecular formula is C11H10BrF4N3O. The molecule has 0 unspecified atom stereocenters. The number of nitrogens with zero attached hydrogens (tertiary/aromatic N) is 2. The van der Waals surface area contributed by atoms with Crippen LogP contribution < -0.4 is 5.73 Å². The van der Waals surface area contributed by atoms with Crippen LogP contribution in [0, 0.1) is 5.82 Å². The quantitative estimate of drug-likeness (QED) is 0.677. The van der Waals surface area contributed by atoms with Crippen molar-refractivity contribution in [3.8, 4) is 0 Å². The average molecular weight is 356 g/mol. The first-order valence-corrected chi connectivity index (χ1v) is 6.32. The number of imidazole rings is 1. The van der Waals surface area contributed by atoms with Gasteiger partial charge in [-0.25, -0.2) is 9.37 Å². The maximum atomic E-state index is 13.3. The van der Waals surface area contributed by atoms with E-state index < -0.39 is 18.6 Å². The monoisotopic (exact) mass is 355 g/mol. The summed E-state index contributed by atoms with van der Waals surface area (Å²) in [4.78, 5) is 3.94. The Bertz CT molecular complexity index is 626. The molecule has 0 aliphatic heterocycles. The summed E-state index contributed by atoms with van der Waals surface area (Å²) >= 11 is 3.03. The Kier molecular flexibility index (Phi) is 4.19. The summed E-state index contributed by atoms with van der Waals surface area (Å²) in [5, 5.41) is 0. The van der Waals surface area contributed by atoms with Crippen LogP contribution in [0.15, 0.2) is 16.6 Å². The van der Waals surface area contributed by atoms with E-state index in [1.165, 1.54) is 16.7 Å². The standard InChI is InChI=1S/C11H10BrF4N3O/c12-6-3-9-8(4-7(6)13)18-10(17)19(9)1-2-20-5-11(14,15)16/h3-4H,1-2,5H2,(H2,17,18). The molecule has 1 aromatic heterocycles. The van der Waals surface area contributed by atoms with E-state index in [9.17, 15) is 17.6 Å². The SMILES string of the molecule is Nc1nc2cc(F)c(Br)cc2n1CCOCC(F)(F)F. The van der Waals surface area contributed by atoms with Gasteiger partial charge in [0.25, 0.3) is 0 Å². The molecule has 0 spiro atoms. The molecule has 1 aromatic carbocycles. The summed E-state index contributed by atoms with van der Waals surface area (Å²) in [6.45, 7) is -1.40. The van der Waals surface area contributed by atoms with Gasteiger partial charge in [0.2, 0.25) is 5.95 Å². The Morgan fingerprint density at radius 3 is 2.70 bits per heavy atom. The summed E-state index contributed by atoms with van der Waals surface area (Å²) in [5.74, 6) is -0.399. The van der Waals surface area contributed by atoms with Gasteiger partial charge in [-0.1, -0.05) is 0 Å². The number of hydrogen-bond acceptors (Lipinski definition) is 3. The lowest BCUT2D eigenvalue weighted by atomic mass is 10.3. The first-order valence-electron chi connectivity index (χ1n) is 5.53. The summed E-state index contributed by atoms with van der Waals surface area (Å²) in [6, 6.07) is 2.67. The summed E-state index contributed by atoms with van der Waals surface area (Å²) in [7, 11) is 0. The number of alkyl halides is 3. The predicted molar refractivity (Wildman–Crippen MR) is 68.7 cm³/mol. The number of nitrogen functional groups attached to an aromatic ring is 1. The lowest BCUT2D eigenvalue weighted by Gasteiger charge is -2.09. The Morgan fingerprint density at radius 1 is 1.35 bits per heavy atom. The van der Waals surface area contributed by atoms with Gasteiger partial charge in [-0.15, -0.1) is 0 Å². The molecule has 2 rings (SSSR count). The normalized spacial score (nSPS) is 12.2.